The van der Waals surface area contributed by atoms with Gasteiger partial charge in [-0.05, 0) is 88.0 Å². The lowest BCUT2D eigenvalue weighted by Gasteiger charge is -2.30. The number of unbranched alkanes of at least 4 members (excludes halogenated alkanes) is 1. The maximum absolute atomic E-state index is 14.2. The summed E-state index contributed by atoms with van der Waals surface area (Å²) in [4.78, 5) is 123. The van der Waals surface area contributed by atoms with Crippen molar-refractivity contribution in [3.8, 4) is 0 Å². The third-order valence-electron chi connectivity index (χ3n) is 15.2. The molecule has 2 saturated carbocycles. The SMILES string of the molecule is CCC(C)[C@H](NC(=O)C(N)CCCCN)C(=O)NC(CC1CCCCC1)C(=O)NC1CN2CCC(C(=O)NC(CC(C)C)C(=O)N[C@@H](C)C(=O)NC(CC3CCCCC3)C(=O)N[C@@H](CC(C)C)C(=O)O)N2C1=O. The minimum absolute atomic E-state index is 0.00768. The summed E-state index contributed by atoms with van der Waals surface area (Å²) in [5.74, 6) is -5.72. The number of hydrogen-bond acceptors (Lipinski definition) is 12. The van der Waals surface area contributed by atoms with Gasteiger partial charge in [-0.3, -0.25) is 43.4 Å². The van der Waals surface area contributed by atoms with Gasteiger partial charge >= 0.3 is 5.97 Å². The number of carbonyl (C=O) groups is 9. The standard InChI is InChI=1S/C52H91N11O10/c1-8-32(6)43(61-45(65)36(54)21-15-16-23-53)50(70)58-39(28-35-19-13-10-14-20-35)48(68)60-41-29-62-24-22-42(63(62)51(41)71)49(69)57-37(25-30(2)3)46(66)55-33(7)44(64)56-38(27-34-17-11-9-12-18-34)47(67)59-40(52(72)73)26-31(4)5/h30-43H,8-29,53-54H2,1-7H3,(H,55,66)(H,56,64)(H,57,69)(H,58,70)(H,59,67)(H,60,68)(H,61,65)(H,72,73)/t32?,33-,36?,37?,38?,39?,40-,41?,42?,43-/m0/s1. The lowest BCUT2D eigenvalue weighted by Crippen LogP contribution is -2.59. The molecule has 4 aliphatic rings. The van der Waals surface area contributed by atoms with Crippen molar-refractivity contribution in [2.75, 3.05) is 19.6 Å². The second-order valence-electron chi connectivity index (χ2n) is 22.3. The molecule has 2 aliphatic carbocycles. The highest BCUT2D eigenvalue weighted by Gasteiger charge is 2.50. The van der Waals surface area contributed by atoms with Crippen molar-refractivity contribution in [1.82, 2.24) is 47.2 Å². The number of carbonyl (C=O) groups excluding carboxylic acids is 8. The van der Waals surface area contributed by atoms with Crippen LogP contribution >= 0.6 is 0 Å². The second-order valence-corrected chi connectivity index (χ2v) is 22.3. The average Bonchev–Trinajstić information content (AvgIpc) is 3.90. The molecule has 0 radical (unpaired) electrons. The van der Waals surface area contributed by atoms with E-state index in [0.717, 1.165) is 64.2 Å². The van der Waals surface area contributed by atoms with Crippen LogP contribution in [0, 0.1) is 29.6 Å². The first-order valence-electron chi connectivity index (χ1n) is 27.5. The van der Waals surface area contributed by atoms with Crippen LogP contribution in [0.25, 0.3) is 0 Å². The molecule has 10 atom stereocenters. The molecule has 4 rings (SSSR count). The first-order valence-corrected chi connectivity index (χ1v) is 27.5. The molecule has 7 unspecified atom stereocenters. The zero-order valence-electron chi connectivity index (χ0n) is 44.8. The molecule has 0 aromatic carbocycles. The number of aliphatic carboxylic acids is 1. The Hall–Kier alpha value is -4.89. The number of nitrogens with zero attached hydrogens (tertiary/aromatic N) is 2. The summed E-state index contributed by atoms with van der Waals surface area (Å²) in [6.45, 7) is 13.6. The molecule has 0 bridgehead atoms. The van der Waals surface area contributed by atoms with Crippen LogP contribution in [0.4, 0.5) is 0 Å². The van der Waals surface area contributed by atoms with E-state index in [2.05, 4.69) is 37.2 Å². The molecule has 0 aromatic heterocycles. The first kappa shape index (κ1) is 60.7. The number of carboxylic acids is 1. The van der Waals surface area contributed by atoms with E-state index >= 15 is 0 Å². The van der Waals surface area contributed by atoms with Gasteiger partial charge in [0.25, 0.3) is 5.91 Å². The van der Waals surface area contributed by atoms with E-state index in [1.165, 1.54) is 11.9 Å². The van der Waals surface area contributed by atoms with E-state index in [0.29, 0.717) is 51.6 Å². The molecular weight excluding hydrogens is 939 g/mol. The highest BCUT2D eigenvalue weighted by Crippen LogP contribution is 2.30. The number of fused-ring (bicyclic) bond motifs is 1. The van der Waals surface area contributed by atoms with Gasteiger partial charge in [0.2, 0.25) is 41.4 Å². The third-order valence-corrected chi connectivity index (χ3v) is 15.2. The molecule has 4 fully saturated rings. The molecule has 0 aromatic rings. The van der Waals surface area contributed by atoms with Crippen LogP contribution in [-0.4, -0.2) is 142 Å². The topological polar surface area (TPSA) is 317 Å². The Kier molecular flexibility index (Phi) is 24.8. The Morgan fingerprint density at radius 2 is 1.16 bits per heavy atom. The van der Waals surface area contributed by atoms with E-state index in [-0.39, 0.29) is 55.4 Å². The van der Waals surface area contributed by atoms with Crippen LogP contribution in [0.5, 0.6) is 0 Å². The Morgan fingerprint density at radius 3 is 1.71 bits per heavy atom. The Labute approximate surface area is 433 Å². The normalized spacial score (nSPS) is 22.0. The Balaban J connectivity index is 1.42. The summed E-state index contributed by atoms with van der Waals surface area (Å²) in [5.41, 5.74) is 11.8. The number of nitrogens with one attached hydrogen (secondary N) is 7. The number of nitrogens with two attached hydrogens (primary N) is 2. The van der Waals surface area contributed by atoms with Crippen molar-refractivity contribution in [2.45, 2.75) is 225 Å². The van der Waals surface area contributed by atoms with Gasteiger partial charge in [0.15, 0.2) is 0 Å². The Morgan fingerprint density at radius 1 is 0.630 bits per heavy atom. The molecular formula is C52H91N11O10. The molecule has 21 heteroatoms. The van der Waals surface area contributed by atoms with E-state index < -0.39 is 108 Å². The van der Waals surface area contributed by atoms with Crippen molar-refractivity contribution in [2.24, 2.45) is 41.1 Å². The second kappa shape index (κ2) is 29.9. The number of rotatable bonds is 29. The first-order chi connectivity index (χ1) is 34.6. The average molecular weight is 1030 g/mol. The fourth-order valence-electron chi connectivity index (χ4n) is 10.7. The Bertz CT molecular complexity index is 1870. The van der Waals surface area contributed by atoms with E-state index in [9.17, 15) is 48.3 Å². The van der Waals surface area contributed by atoms with Gasteiger partial charge in [0.1, 0.15) is 48.3 Å². The third kappa shape index (κ3) is 18.8. The lowest BCUT2D eigenvalue weighted by molar-refractivity contribution is -0.146. The number of hydrazine groups is 1. The predicted octanol–water partition coefficient (Wildman–Crippen LogP) is 1.85. The maximum atomic E-state index is 14.2. The van der Waals surface area contributed by atoms with Gasteiger partial charge in [0, 0.05) is 13.1 Å². The lowest BCUT2D eigenvalue weighted by atomic mass is 9.84. The van der Waals surface area contributed by atoms with Crippen molar-refractivity contribution in [1.29, 1.82) is 0 Å². The molecule has 12 N–H and O–H groups in total. The van der Waals surface area contributed by atoms with Crippen molar-refractivity contribution in [3.05, 3.63) is 0 Å². The maximum Gasteiger partial charge on any atom is 0.326 e. The number of carboxylic acid groups (broad SMARTS) is 1. The van der Waals surface area contributed by atoms with Gasteiger partial charge in [0.05, 0.1) is 6.04 Å². The zero-order chi connectivity index (χ0) is 53.9. The fourth-order valence-corrected chi connectivity index (χ4v) is 10.7. The van der Waals surface area contributed by atoms with Gasteiger partial charge in [-0.2, -0.15) is 0 Å². The van der Waals surface area contributed by atoms with Gasteiger partial charge in [-0.25, -0.2) is 9.80 Å². The van der Waals surface area contributed by atoms with Crippen LogP contribution in [-0.2, 0) is 43.2 Å². The molecule has 21 nitrogen and oxygen atoms in total. The molecule has 2 aliphatic heterocycles. The quantitative estimate of drug-likeness (QED) is 0.0479. The molecule has 2 heterocycles. The van der Waals surface area contributed by atoms with Crippen LogP contribution in [0.2, 0.25) is 0 Å². The van der Waals surface area contributed by atoms with Crippen molar-refractivity contribution >= 4 is 53.2 Å². The van der Waals surface area contributed by atoms with Crippen LogP contribution in [0.1, 0.15) is 170 Å². The summed E-state index contributed by atoms with van der Waals surface area (Å²) in [7, 11) is 0. The highest BCUT2D eigenvalue weighted by molar-refractivity contribution is 5.98. The fraction of sp³-hybridized carbons (Fsp3) is 0.827. The summed E-state index contributed by atoms with van der Waals surface area (Å²) < 4.78 is 0. The molecule has 414 valence electrons. The summed E-state index contributed by atoms with van der Waals surface area (Å²) in [6, 6.07) is -9.23. The predicted molar refractivity (Wildman–Crippen MR) is 275 cm³/mol. The summed E-state index contributed by atoms with van der Waals surface area (Å²) >= 11 is 0. The van der Waals surface area contributed by atoms with Gasteiger partial charge in [-0.15, -0.1) is 0 Å². The summed E-state index contributed by atoms with van der Waals surface area (Å²) in [5, 5.41) is 32.4. The van der Waals surface area contributed by atoms with E-state index in [1.54, 1.807) is 5.01 Å². The van der Waals surface area contributed by atoms with Crippen molar-refractivity contribution < 1.29 is 48.3 Å². The van der Waals surface area contributed by atoms with Crippen molar-refractivity contribution in [3.63, 3.8) is 0 Å². The van der Waals surface area contributed by atoms with Crippen LogP contribution in [0.15, 0.2) is 0 Å². The highest BCUT2D eigenvalue weighted by atomic mass is 16.4. The molecule has 8 amide bonds. The minimum Gasteiger partial charge on any atom is -0.480 e. The zero-order valence-corrected chi connectivity index (χ0v) is 44.8. The minimum atomic E-state index is -1.17. The van der Waals surface area contributed by atoms with Gasteiger partial charge in [-0.1, -0.05) is 119 Å². The van der Waals surface area contributed by atoms with E-state index in [4.69, 9.17) is 11.5 Å². The number of amides is 8. The summed E-state index contributed by atoms with van der Waals surface area (Å²) in [6.07, 6.45) is 13.4. The van der Waals surface area contributed by atoms with E-state index in [1.807, 2.05) is 41.5 Å². The van der Waals surface area contributed by atoms with Crippen LogP contribution < -0.4 is 48.7 Å². The largest absolute Gasteiger partial charge is 0.480 e. The molecule has 2 saturated heterocycles. The van der Waals surface area contributed by atoms with Gasteiger partial charge < -0.3 is 53.8 Å². The smallest absolute Gasteiger partial charge is 0.326 e. The van der Waals surface area contributed by atoms with Crippen LogP contribution in [0.3, 0.4) is 0 Å². The molecule has 0 spiro atoms. The number of hydrogen-bond donors (Lipinski definition) is 10. The molecule has 73 heavy (non-hydrogen) atoms. The monoisotopic (exact) mass is 1030 g/mol.